The first-order valence-corrected chi connectivity index (χ1v) is 10.1. The zero-order chi connectivity index (χ0) is 17.3. The van der Waals surface area contributed by atoms with Crippen molar-refractivity contribution >= 4 is 15.7 Å². The first-order chi connectivity index (χ1) is 11.4. The highest BCUT2D eigenvalue weighted by molar-refractivity contribution is 7.90. The third-order valence-electron chi connectivity index (χ3n) is 4.92. The van der Waals surface area contributed by atoms with Gasteiger partial charge in [0.25, 0.3) is 0 Å². The van der Waals surface area contributed by atoms with Crippen LogP contribution in [-0.2, 0) is 25.8 Å². The van der Waals surface area contributed by atoms with Gasteiger partial charge in [0, 0.05) is 19.4 Å². The number of fused-ring (bicyclic) bond motifs is 1. The van der Waals surface area contributed by atoms with Crippen LogP contribution in [0, 0.1) is 5.92 Å². The van der Waals surface area contributed by atoms with Gasteiger partial charge in [-0.2, -0.15) is 0 Å². The van der Waals surface area contributed by atoms with Crippen LogP contribution < -0.4 is 0 Å². The molecule has 132 valence electrons. The number of carbonyl (C=O) groups excluding carboxylic acids is 1. The number of amides is 1. The standard InChI is InChI=1S/C17H23NO5S/c1-24(21,22)14-4-2-12(3-5-14)10-17(20)18-6-7-23-16-9-13(11-19)8-15(16)18/h2-5,13,15-16,19H,6-11H2,1H3/t13-,15+,16?/m1/s1. The molecule has 0 aromatic heterocycles. The van der Waals surface area contributed by atoms with Crippen LogP contribution in [-0.4, -0.2) is 62.5 Å². The van der Waals surface area contributed by atoms with Crippen LogP contribution >= 0.6 is 0 Å². The molecule has 1 amide bonds. The predicted octanol–water partition coefficient (Wildman–Crippen LogP) is 0.631. The lowest BCUT2D eigenvalue weighted by Crippen LogP contribution is -2.51. The van der Waals surface area contributed by atoms with Crippen molar-refractivity contribution in [1.82, 2.24) is 4.90 Å². The Kier molecular flexibility index (Phi) is 4.94. The Hall–Kier alpha value is -1.44. The number of hydrogen-bond donors (Lipinski definition) is 1. The molecule has 24 heavy (non-hydrogen) atoms. The average molecular weight is 353 g/mol. The fraction of sp³-hybridized carbons (Fsp3) is 0.588. The van der Waals surface area contributed by atoms with Gasteiger partial charge in [-0.1, -0.05) is 12.1 Å². The van der Waals surface area contributed by atoms with Gasteiger partial charge in [-0.15, -0.1) is 0 Å². The van der Waals surface area contributed by atoms with Gasteiger partial charge in [-0.25, -0.2) is 8.42 Å². The number of morpholine rings is 1. The molecule has 1 heterocycles. The van der Waals surface area contributed by atoms with Crippen LogP contribution in [0.4, 0.5) is 0 Å². The minimum atomic E-state index is -3.22. The van der Waals surface area contributed by atoms with Crippen LogP contribution in [0.5, 0.6) is 0 Å². The molecule has 0 radical (unpaired) electrons. The van der Waals surface area contributed by atoms with E-state index in [1.807, 2.05) is 4.90 Å². The quantitative estimate of drug-likeness (QED) is 0.858. The molecular formula is C17H23NO5S. The van der Waals surface area contributed by atoms with Gasteiger partial charge in [0.1, 0.15) is 0 Å². The van der Waals surface area contributed by atoms with Crippen molar-refractivity contribution in [2.45, 2.75) is 36.3 Å². The summed E-state index contributed by atoms with van der Waals surface area (Å²) >= 11 is 0. The molecule has 1 saturated carbocycles. The van der Waals surface area contributed by atoms with E-state index in [-0.39, 0.29) is 41.9 Å². The van der Waals surface area contributed by atoms with Gasteiger partial charge in [0.15, 0.2) is 9.84 Å². The van der Waals surface area contributed by atoms with Crippen molar-refractivity contribution in [3.05, 3.63) is 29.8 Å². The van der Waals surface area contributed by atoms with Crippen molar-refractivity contribution in [3.8, 4) is 0 Å². The summed E-state index contributed by atoms with van der Waals surface area (Å²) in [5.74, 6) is 0.224. The molecule has 6 nitrogen and oxygen atoms in total. The van der Waals surface area contributed by atoms with Crippen LogP contribution in [0.25, 0.3) is 0 Å². The predicted molar refractivity (Wildman–Crippen MR) is 88.3 cm³/mol. The van der Waals surface area contributed by atoms with Crippen molar-refractivity contribution in [2.75, 3.05) is 26.0 Å². The van der Waals surface area contributed by atoms with Gasteiger partial charge in [-0.05, 0) is 36.5 Å². The maximum Gasteiger partial charge on any atom is 0.227 e. The third kappa shape index (κ3) is 3.63. The first kappa shape index (κ1) is 17.4. The van der Waals surface area contributed by atoms with E-state index in [1.54, 1.807) is 12.1 Å². The number of aliphatic hydroxyl groups is 1. The van der Waals surface area contributed by atoms with Gasteiger partial charge in [0.2, 0.25) is 5.91 Å². The highest BCUT2D eigenvalue weighted by Crippen LogP contribution is 2.34. The molecule has 1 aromatic carbocycles. The van der Waals surface area contributed by atoms with E-state index < -0.39 is 9.84 Å². The van der Waals surface area contributed by atoms with E-state index >= 15 is 0 Å². The van der Waals surface area contributed by atoms with E-state index in [1.165, 1.54) is 18.4 Å². The summed E-state index contributed by atoms with van der Waals surface area (Å²) in [5, 5.41) is 9.36. The summed E-state index contributed by atoms with van der Waals surface area (Å²) in [4.78, 5) is 14.8. The second kappa shape index (κ2) is 6.82. The summed E-state index contributed by atoms with van der Waals surface area (Å²) < 4.78 is 28.7. The van der Waals surface area contributed by atoms with Crippen LogP contribution in [0.3, 0.4) is 0 Å². The summed E-state index contributed by atoms with van der Waals surface area (Å²) in [6.45, 7) is 1.23. The Balaban J connectivity index is 1.68. The lowest BCUT2D eigenvalue weighted by molar-refractivity contribution is -0.143. The molecule has 1 saturated heterocycles. The van der Waals surface area contributed by atoms with Gasteiger partial charge in [0.05, 0.1) is 30.1 Å². The zero-order valence-corrected chi connectivity index (χ0v) is 14.5. The molecular weight excluding hydrogens is 330 g/mol. The maximum atomic E-state index is 12.7. The molecule has 1 aromatic rings. The number of hydrogen-bond acceptors (Lipinski definition) is 5. The Morgan fingerprint density at radius 3 is 2.62 bits per heavy atom. The maximum absolute atomic E-state index is 12.7. The Morgan fingerprint density at radius 2 is 2.00 bits per heavy atom. The topological polar surface area (TPSA) is 83.9 Å². The lowest BCUT2D eigenvalue weighted by atomic mass is 10.1. The number of rotatable bonds is 4. The molecule has 1 unspecified atom stereocenters. The number of nitrogens with zero attached hydrogens (tertiary/aromatic N) is 1. The molecule has 0 bridgehead atoms. The summed E-state index contributed by atoms with van der Waals surface area (Å²) in [7, 11) is -3.22. The highest BCUT2D eigenvalue weighted by Gasteiger charge is 2.42. The second-order valence-corrected chi connectivity index (χ2v) is 8.69. The minimum Gasteiger partial charge on any atom is -0.396 e. The SMILES string of the molecule is CS(=O)(=O)c1ccc(CC(=O)N2CCOC3C[C@H](CO)C[C@@H]32)cc1. The van der Waals surface area contributed by atoms with Gasteiger partial charge in [-0.3, -0.25) is 4.79 Å². The Morgan fingerprint density at radius 1 is 1.29 bits per heavy atom. The largest absolute Gasteiger partial charge is 0.396 e. The smallest absolute Gasteiger partial charge is 0.227 e. The van der Waals surface area contributed by atoms with E-state index in [4.69, 9.17) is 4.74 Å². The van der Waals surface area contributed by atoms with Crippen LogP contribution in [0.2, 0.25) is 0 Å². The normalized spacial score (nSPS) is 27.1. The number of ether oxygens (including phenoxy) is 1. The molecule has 1 aliphatic heterocycles. The van der Waals surface area contributed by atoms with Gasteiger partial charge < -0.3 is 14.7 Å². The third-order valence-corrected chi connectivity index (χ3v) is 6.05. The molecule has 2 fully saturated rings. The number of carbonyl (C=O) groups is 1. The number of benzene rings is 1. The van der Waals surface area contributed by atoms with Crippen molar-refractivity contribution in [1.29, 1.82) is 0 Å². The molecule has 0 spiro atoms. The lowest BCUT2D eigenvalue weighted by Gasteiger charge is -2.37. The van der Waals surface area contributed by atoms with E-state index in [9.17, 15) is 18.3 Å². The summed E-state index contributed by atoms with van der Waals surface area (Å²) in [6, 6.07) is 6.50. The Labute approximate surface area is 142 Å². The molecule has 1 aliphatic carbocycles. The summed E-state index contributed by atoms with van der Waals surface area (Å²) in [6.07, 6.45) is 3.01. The monoisotopic (exact) mass is 353 g/mol. The molecule has 3 atom stereocenters. The van der Waals surface area contributed by atoms with E-state index in [0.717, 1.165) is 18.4 Å². The number of sulfone groups is 1. The zero-order valence-electron chi connectivity index (χ0n) is 13.7. The molecule has 2 aliphatic rings. The number of aliphatic hydroxyl groups excluding tert-OH is 1. The summed E-state index contributed by atoms with van der Waals surface area (Å²) in [5.41, 5.74) is 0.798. The average Bonchev–Trinajstić information content (AvgIpc) is 2.97. The fourth-order valence-corrected chi connectivity index (χ4v) is 4.27. The van der Waals surface area contributed by atoms with E-state index in [2.05, 4.69) is 0 Å². The second-order valence-electron chi connectivity index (χ2n) is 6.68. The van der Waals surface area contributed by atoms with Crippen LogP contribution in [0.15, 0.2) is 29.2 Å². The molecule has 3 rings (SSSR count). The van der Waals surface area contributed by atoms with Crippen molar-refractivity contribution in [2.24, 2.45) is 5.92 Å². The first-order valence-electron chi connectivity index (χ1n) is 8.19. The fourth-order valence-electron chi connectivity index (χ4n) is 3.64. The van der Waals surface area contributed by atoms with E-state index in [0.29, 0.717) is 13.2 Å². The minimum absolute atomic E-state index is 0.0208. The Bertz CT molecular complexity index is 700. The van der Waals surface area contributed by atoms with Crippen LogP contribution in [0.1, 0.15) is 18.4 Å². The molecule has 1 N–H and O–H groups in total. The highest BCUT2D eigenvalue weighted by atomic mass is 32.2. The molecule has 7 heteroatoms. The van der Waals surface area contributed by atoms with Crippen molar-refractivity contribution < 1.29 is 23.1 Å². The van der Waals surface area contributed by atoms with Gasteiger partial charge >= 0.3 is 0 Å². The van der Waals surface area contributed by atoms with Crippen molar-refractivity contribution in [3.63, 3.8) is 0 Å².